The van der Waals surface area contributed by atoms with E-state index in [1.807, 2.05) is 0 Å². The molecule has 1 N–H and O–H groups in total. The van der Waals surface area contributed by atoms with E-state index in [2.05, 4.69) is 16.1 Å². The van der Waals surface area contributed by atoms with Crippen LogP contribution in [0.1, 0.15) is 52.0 Å². The van der Waals surface area contributed by atoms with Crippen molar-refractivity contribution in [1.29, 1.82) is 5.26 Å². The Morgan fingerprint density at radius 1 is 1.19 bits per heavy atom. The molecule has 0 bridgehead atoms. The van der Waals surface area contributed by atoms with Crippen molar-refractivity contribution in [3.8, 4) is 11.8 Å². The van der Waals surface area contributed by atoms with E-state index in [-0.39, 0.29) is 43.1 Å². The number of nitriles is 1. The molecule has 0 radical (unpaired) electrons. The Labute approximate surface area is 207 Å². The summed E-state index contributed by atoms with van der Waals surface area (Å²) in [5.41, 5.74) is -0.706. The van der Waals surface area contributed by atoms with Crippen LogP contribution in [0.4, 0.5) is 27.2 Å². The molecule has 1 heterocycles. The van der Waals surface area contributed by atoms with Crippen molar-refractivity contribution < 1.29 is 36.6 Å². The van der Waals surface area contributed by atoms with E-state index in [0.717, 1.165) is 25.0 Å². The van der Waals surface area contributed by atoms with Gasteiger partial charge in [0, 0.05) is 43.7 Å². The number of alkyl halides is 3. The average Bonchev–Trinajstić information content (AvgIpc) is 3.56. The molecule has 2 atom stereocenters. The smallest absolute Gasteiger partial charge is 0.444 e. The van der Waals surface area contributed by atoms with Gasteiger partial charge < -0.3 is 24.6 Å². The summed E-state index contributed by atoms with van der Waals surface area (Å²) in [5, 5.41) is 11.9. The fraction of sp³-hybridized carbons (Fsp3) is 0.625. The zero-order chi connectivity index (χ0) is 26.7. The molecular formula is C24H30F4N4O4. The van der Waals surface area contributed by atoms with E-state index in [9.17, 15) is 32.4 Å². The number of urea groups is 1. The Balaban J connectivity index is 1.70. The second-order valence-electron chi connectivity index (χ2n) is 10.1. The van der Waals surface area contributed by atoms with Crippen molar-refractivity contribution in [1.82, 2.24) is 15.1 Å². The molecule has 2 fully saturated rings. The van der Waals surface area contributed by atoms with Crippen LogP contribution in [-0.2, 0) is 11.3 Å². The van der Waals surface area contributed by atoms with Crippen LogP contribution < -0.4 is 10.1 Å². The van der Waals surface area contributed by atoms with Crippen LogP contribution in [0.25, 0.3) is 0 Å². The van der Waals surface area contributed by atoms with Crippen LogP contribution in [0.15, 0.2) is 18.2 Å². The second-order valence-corrected chi connectivity index (χ2v) is 10.1. The van der Waals surface area contributed by atoms with E-state index in [1.54, 1.807) is 25.7 Å². The molecule has 8 nitrogen and oxygen atoms in total. The number of halogens is 4. The Morgan fingerprint density at radius 3 is 2.44 bits per heavy atom. The Bertz CT molecular complexity index is 1000. The van der Waals surface area contributed by atoms with Crippen molar-refractivity contribution in [2.75, 3.05) is 13.1 Å². The van der Waals surface area contributed by atoms with Crippen LogP contribution in [0.3, 0.4) is 0 Å². The maximum atomic E-state index is 14.3. The highest BCUT2D eigenvalue weighted by molar-refractivity contribution is 5.75. The highest BCUT2D eigenvalue weighted by Gasteiger charge is 2.42. The number of hydrogen-bond acceptors (Lipinski definition) is 5. The lowest BCUT2D eigenvalue weighted by Gasteiger charge is -2.42. The van der Waals surface area contributed by atoms with Crippen molar-refractivity contribution >= 4 is 12.1 Å². The molecule has 0 spiro atoms. The van der Waals surface area contributed by atoms with E-state index in [1.165, 1.54) is 4.90 Å². The van der Waals surface area contributed by atoms with Crippen LogP contribution in [0.2, 0.25) is 0 Å². The first kappa shape index (κ1) is 27.4. The third-order valence-electron chi connectivity index (χ3n) is 5.80. The first-order valence-corrected chi connectivity index (χ1v) is 11.7. The zero-order valence-corrected chi connectivity index (χ0v) is 20.4. The zero-order valence-electron chi connectivity index (χ0n) is 20.4. The fourth-order valence-electron chi connectivity index (χ4n) is 4.24. The highest BCUT2D eigenvalue weighted by atomic mass is 19.4. The molecule has 1 unspecified atom stereocenters. The molecular weight excluding hydrogens is 484 g/mol. The number of ether oxygens (including phenoxy) is 2. The number of amides is 3. The van der Waals surface area contributed by atoms with Crippen molar-refractivity contribution in [3.05, 3.63) is 29.6 Å². The van der Waals surface area contributed by atoms with Gasteiger partial charge in [-0.3, -0.25) is 0 Å². The molecule has 12 heteroatoms. The van der Waals surface area contributed by atoms with Gasteiger partial charge in [0.05, 0.1) is 12.1 Å². The van der Waals surface area contributed by atoms with E-state index in [4.69, 9.17) is 4.74 Å². The molecule has 1 saturated carbocycles. The predicted molar refractivity (Wildman–Crippen MR) is 120 cm³/mol. The quantitative estimate of drug-likeness (QED) is 0.543. The van der Waals surface area contributed by atoms with Crippen LogP contribution in [0, 0.1) is 23.1 Å². The van der Waals surface area contributed by atoms with Gasteiger partial charge in [0.25, 0.3) is 0 Å². The number of carbonyl (C=O) groups excluding carboxylic acids is 2. The molecule has 1 aliphatic heterocycles. The van der Waals surface area contributed by atoms with Crippen LogP contribution in [-0.4, -0.2) is 59.1 Å². The van der Waals surface area contributed by atoms with Gasteiger partial charge in [-0.05, 0) is 52.0 Å². The molecule has 1 aromatic carbocycles. The van der Waals surface area contributed by atoms with Gasteiger partial charge in [0.2, 0.25) is 0 Å². The summed E-state index contributed by atoms with van der Waals surface area (Å²) >= 11 is 0. The topological polar surface area (TPSA) is 94.9 Å². The summed E-state index contributed by atoms with van der Waals surface area (Å²) in [5.74, 6) is -1.78. The Hall–Kier alpha value is -3.23. The minimum atomic E-state index is -4.94. The number of hydrogen-bond donors (Lipinski definition) is 1. The van der Waals surface area contributed by atoms with E-state index < -0.39 is 35.7 Å². The number of nitrogens with zero attached hydrogens (tertiary/aromatic N) is 3. The lowest BCUT2D eigenvalue weighted by atomic mass is 9.91. The third kappa shape index (κ3) is 7.90. The molecule has 3 rings (SSSR count). The largest absolute Gasteiger partial charge is 0.573 e. The number of rotatable bonds is 6. The monoisotopic (exact) mass is 514 g/mol. The first-order valence-electron chi connectivity index (χ1n) is 11.7. The number of likely N-dealkylation sites (tertiary alicyclic amines) is 1. The van der Waals surface area contributed by atoms with Crippen molar-refractivity contribution in [2.45, 2.75) is 77.0 Å². The third-order valence-corrected chi connectivity index (χ3v) is 5.80. The molecule has 2 aliphatic rings. The van der Waals surface area contributed by atoms with Crippen molar-refractivity contribution in [2.24, 2.45) is 5.92 Å². The molecule has 1 aromatic rings. The average molecular weight is 515 g/mol. The molecule has 0 aromatic heterocycles. The summed E-state index contributed by atoms with van der Waals surface area (Å²) in [4.78, 5) is 29.0. The minimum absolute atomic E-state index is 0.00463. The van der Waals surface area contributed by atoms with Gasteiger partial charge in [0.1, 0.15) is 17.2 Å². The van der Waals surface area contributed by atoms with E-state index in [0.29, 0.717) is 19.0 Å². The lowest BCUT2D eigenvalue weighted by molar-refractivity contribution is -0.274. The number of carbonyl (C=O) groups is 2. The molecule has 1 saturated heterocycles. The molecule has 36 heavy (non-hydrogen) atoms. The maximum absolute atomic E-state index is 14.3. The Kier molecular flexibility index (Phi) is 8.21. The molecule has 3 amide bonds. The summed E-state index contributed by atoms with van der Waals surface area (Å²) in [7, 11) is 0. The van der Waals surface area contributed by atoms with Gasteiger partial charge in [-0.2, -0.15) is 5.26 Å². The van der Waals surface area contributed by atoms with Gasteiger partial charge in [-0.1, -0.05) is 6.07 Å². The summed E-state index contributed by atoms with van der Waals surface area (Å²) < 4.78 is 60.6. The SMILES string of the molecule is CC(C)(C)OC(=O)N1CC(CC#N)C[C@@H](N(C(=O)NCc2ccc(OC(F)(F)F)cc2F)C2CC2)C1. The summed E-state index contributed by atoms with van der Waals surface area (Å²) in [6, 6.07) is 3.94. The Morgan fingerprint density at radius 2 is 1.89 bits per heavy atom. The first-order chi connectivity index (χ1) is 16.8. The maximum Gasteiger partial charge on any atom is 0.573 e. The van der Waals surface area contributed by atoms with Crippen molar-refractivity contribution in [3.63, 3.8) is 0 Å². The van der Waals surface area contributed by atoms with Crippen LogP contribution >= 0.6 is 0 Å². The number of benzene rings is 1. The second kappa shape index (κ2) is 10.8. The number of nitrogens with one attached hydrogen (secondary N) is 1. The highest BCUT2D eigenvalue weighted by Crippen LogP contribution is 2.34. The summed E-state index contributed by atoms with van der Waals surface area (Å²) in [6.45, 7) is 5.59. The van der Waals surface area contributed by atoms with Gasteiger partial charge in [-0.25, -0.2) is 14.0 Å². The lowest BCUT2D eigenvalue weighted by Crippen LogP contribution is -2.57. The predicted octanol–water partition coefficient (Wildman–Crippen LogP) is 4.94. The summed E-state index contributed by atoms with van der Waals surface area (Å²) in [6.07, 6.45) is -3.17. The van der Waals surface area contributed by atoms with Gasteiger partial charge in [-0.15, -0.1) is 13.2 Å². The fourth-order valence-corrected chi connectivity index (χ4v) is 4.24. The molecule has 198 valence electrons. The van der Waals surface area contributed by atoms with Gasteiger partial charge in [0.15, 0.2) is 0 Å². The van der Waals surface area contributed by atoms with Crippen LogP contribution in [0.5, 0.6) is 5.75 Å². The molecule has 1 aliphatic carbocycles. The normalized spacial score (nSPS) is 20.3. The number of piperidine rings is 1. The van der Waals surface area contributed by atoms with E-state index >= 15 is 0 Å². The minimum Gasteiger partial charge on any atom is -0.444 e. The van der Waals surface area contributed by atoms with Gasteiger partial charge >= 0.3 is 18.5 Å². The standard InChI is InChI=1S/C24H30F4N4O4/c1-23(2,3)36-22(34)31-13-15(8-9-29)10-18(14-31)32(17-5-6-17)21(33)30-12-16-4-7-19(11-20(16)25)35-24(26,27)28/h4,7,11,15,17-18H,5-6,8,10,12-14H2,1-3H3,(H,30,33)/t15?,18-/m1/s1.